The van der Waals surface area contributed by atoms with Crippen molar-refractivity contribution in [2.24, 2.45) is 10.8 Å². The van der Waals surface area contributed by atoms with Crippen molar-refractivity contribution in [1.29, 1.82) is 0 Å². The van der Waals surface area contributed by atoms with E-state index >= 15 is 0 Å². The topological polar surface area (TPSA) is 23.6 Å². The van der Waals surface area contributed by atoms with Crippen molar-refractivity contribution in [2.75, 3.05) is 13.1 Å². The molecule has 0 aliphatic carbocycles. The predicted octanol–water partition coefficient (Wildman–Crippen LogP) is 6.32. The third kappa shape index (κ3) is 6.83. The average Bonchev–Trinajstić information content (AvgIpc) is 2.77. The Balaban J connectivity index is 2.59. The highest BCUT2D eigenvalue weighted by atomic mass is 16.2. The molecule has 0 bridgehead atoms. The summed E-state index contributed by atoms with van der Waals surface area (Å²) in [5.74, 6) is 0. The van der Waals surface area contributed by atoms with Gasteiger partial charge in [0.05, 0.1) is 0 Å². The van der Waals surface area contributed by atoms with E-state index in [0.717, 1.165) is 19.5 Å². The smallest absolute Gasteiger partial charge is 0.318 e. The molecule has 0 saturated carbocycles. The second kappa shape index (κ2) is 7.48. The van der Waals surface area contributed by atoms with Crippen molar-refractivity contribution >= 4 is 6.03 Å². The Kier molecular flexibility index (Phi) is 6.68. The van der Waals surface area contributed by atoms with Gasteiger partial charge in [-0.05, 0) is 71.1 Å². The van der Waals surface area contributed by atoms with Crippen molar-refractivity contribution in [1.82, 2.24) is 9.80 Å². The fraction of sp³-hybridized carbons (Fsp3) is 0.955. The number of urea groups is 1. The molecule has 0 N–H and O–H groups in total. The number of amides is 2. The first-order valence-electron chi connectivity index (χ1n) is 10.1. The molecule has 1 saturated heterocycles. The lowest BCUT2D eigenvalue weighted by atomic mass is 9.77. The van der Waals surface area contributed by atoms with Crippen LogP contribution in [0.4, 0.5) is 4.79 Å². The van der Waals surface area contributed by atoms with Crippen LogP contribution < -0.4 is 0 Å². The van der Waals surface area contributed by atoms with Gasteiger partial charge in [0.2, 0.25) is 0 Å². The number of carbonyl (C=O) groups excluding carboxylic acids is 1. The number of rotatable bonds is 7. The van der Waals surface area contributed by atoms with Crippen LogP contribution in [0.5, 0.6) is 0 Å². The molecule has 0 spiro atoms. The first kappa shape index (κ1) is 22.3. The Morgan fingerprint density at radius 1 is 0.720 bits per heavy atom. The van der Waals surface area contributed by atoms with E-state index in [1.54, 1.807) is 0 Å². The summed E-state index contributed by atoms with van der Waals surface area (Å²) in [5, 5.41) is 0. The van der Waals surface area contributed by atoms with Gasteiger partial charge in [-0.2, -0.15) is 0 Å². The monoisotopic (exact) mass is 352 g/mol. The molecule has 0 atom stereocenters. The van der Waals surface area contributed by atoms with Crippen LogP contribution in [0.3, 0.4) is 0 Å². The maximum atomic E-state index is 12.9. The molecule has 0 radical (unpaired) electrons. The van der Waals surface area contributed by atoms with Crippen LogP contribution in [-0.4, -0.2) is 40.0 Å². The van der Waals surface area contributed by atoms with E-state index in [9.17, 15) is 4.79 Å². The molecule has 0 aromatic heterocycles. The van der Waals surface area contributed by atoms with Gasteiger partial charge in [0, 0.05) is 24.2 Å². The Morgan fingerprint density at radius 2 is 1.24 bits per heavy atom. The summed E-state index contributed by atoms with van der Waals surface area (Å²) in [6.45, 7) is 24.3. The van der Waals surface area contributed by atoms with Crippen LogP contribution in [0, 0.1) is 10.8 Å². The first-order chi connectivity index (χ1) is 11.1. The van der Waals surface area contributed by atoms with Crippen LogP contribution in [0.1, 0.15) is 101 Å². The van der Waals surface area contributed by atoms with Crippen molar-refractivity contribution in [3.05, 3.63) is 0 Å². The first-order valence-corrected chi connectivity index (χ1v) is 10.1. The fourth-order valence-corrected chi connectivity index (χ4v) is 3.72. The zero-order chi connectivity index (χ0) is 19.7. The molecule has 1 aliphatic rings. The minimum absolute atomic E-state index is 0.0711. The lowest BCUT2D eigenvalue weighted by molar-refractivity contribution is 0.113. The van der Waals surface area contributed by atoms with Gasteiger partial charge in [-0.25, -0.2) is 4.79 Å². The van der Waals surface area contributed by atoms with E-state index in [2.05, 4.69) is 74.1 Å². The van der Waals surface area contributed by atoms with Gasteiger partial charge in [-0.15, -0.1) is 0 Å². The van der Waals surface area contributed by atoms with Gasteiger partial charge in [-0.3, -0.25) is 0 Å². The maximum absolute atomic E-state index is 12.9. The molecule has 0 aromatic carbocycles. The Labute approximate surface area is 157 Å². The molecule has 1 heterocycles. The zero-order valence-electron chi connectivity index (χ0n) is 18.8. The summed E-state index contributed by atoms with van der Waals surface area (Å²) in [6.07, 6.45) is 6.08. The van der Waals surface area contributed by atoms with Crippen LogP contribution in [0.15, 0.2) is 0 Å². The number of carbonyl (C=O) groups is 1. The van der Waals surface area contributed by atoms with E-state index in [1.807, 2.05) is 4.90 Å². The lowest BCUT2D eigenvalue weighted by Crippen LogP contribution is -2.50. The van der Waals surface area contributed by atoms with Gasteiger partial charge in [-0.1, -0.05) is 41.0 Å². The molecule has 0 aromatic rings. The zero-order valence-corrected chi connectivity index (χ0v) is 18.8. The van der Waals surface area contributed by atoms with Crippen molar-refractivity contribution in [3.63, 3.8) is 0 Å². The number of hydrogen-bond acceptors (Lipinski definition) is 1. The van der Waals surface area contributed by atoms with E-state index in [-0.39, 0.29) is 17.1 Å². The second-order valence-corrected chi connectivity index (χ2v) is 11.6. The SMILES string of the molecule is CC(C)(C)CCCC(C)(C)CCC(C)(C)N1CCN(C(C)(C)C)C1=O. The Morgan fingerprint density at radius 3 is 1.68 bits per heavy atom. The third-order valence-corrected chi connectivity index (χ3v) is 5.74. The third-order valence-electron chi connectivity index (χ3n) is 5.74. The van der Waals surface area contributed by atoms with Crippen LogP contribution >= 0.6 is 0 Å². The molecular weight excluding hydrogens is 308 g/mol. The molecule has 2 amide bonds. The van der Waals surface area contributed by atoms with E-state index in [4.69, 9.17) is 0 Å². The van der Waals surface area contributed by atoms with Crippen molar-refractivity contribution in [3.8, 4) is 0 Å². The minimum Gasteiger partial charge on any atom is -0.318 e. The molecule has 148 valence electrons. The molecule has 25 heavy (non-hydrogen) atoms. The molecule has 1 rings (SSSR count). The largest absolute Gasteiger partial charge is 0.321 e. The summed E-state index contributed by atoms with van der Waals surface area (Å²) in [7, 11) is 0. The highest BCUT2D eigenvalue weighted by molar-refractivity contribution is 5.78. The molecule has 1 fully saturated rings. The average molecular weight is 353 g/mol. The summed E-state index contributed by atoms with van der Waals surface area (Å²) < 4.78 is 0. The lowest BCUT2D eigenvalue weighted by Gasteiger charge is -2.39. The molecule has 1 aliphatic heterocycles. The van der Waals surface area contributed by atoms with Gasteiger partial charge < -0.3 is 9.80 Å². The van der Waals surface area contributed by atoms with E-state index < -0.39 is 0 Å². The van der Waals surface area contributed by atoms with Gasteiger partial charge >= 0.3 is 6.03 Å². The van der Waals surface area contributed by atoms with Gasteiger partial charge in [0.25, 0.3) is 0 Å². The minimum atomic E-state index is -0.0891. The van der Waals surface area contributed by atoms with Crippen LogP contribution in [-0.2, 0) is 0 Å². The number of hydrogen-bond donors (Lipinski definition) is 0. The second-order valence-electron chi connectivity index (χ2n) is 11.6. The summed E-state index contributed by atoms with van der Waals surface area (Å²) >= 11 is 0. The van der Waals surface area contributed by atoms with Crippen LogP contribution in [0.25, 0.3) is 0 Å². The summed E-state index contributed by atoms with van der Waals surface area (Å²) in [6, 6.07) is 0.211. The molecule has 3 heteroatoms. The summed E-state index contributed by atoms with van der Waals surface area (Å²) in [5.41, 5.74) is 0.606. The van der Waals surface area contributed by atoms with Crippen LogP contribution in [0.2, 0.25) is 0 Å². The van der Waals surface area contributed by atoms with Gasteiger partial charge in [0.15, 0.2) is 0 Å². The van der Waals surface area contributed by atoms with Gasteiger partial charge in [0.1, 0.15) is 0 Å². The molecular formula is C22H44N2O. The fourth-order valence-electron chi connectivity index (χ4n) is 3.72. The normalized spacial score (nSPS) is 17.6. The van der Waals surface area contributed by atoms with E-state index in [1.165, 1.54) is 25.7 Å². The highest BCUT2D eigenvalue weighted by Gasteiger charge is 2.42. The predicted molar refractivity (Wildman–Crippen MR) is 109 cm³/mol. The summed E-state index contributed by atoms with van der Waals surface area (Å²) in [4.78, 5) is 17.0. The highest BCUT2D eigenvalue weighted by Crippen LogP contribution is 2.36. The standard InChI is InChI=1S/C22H44N2O/c1-19(2,3)12-11-13-21(7,8)14-15-22(9,10)24-17-16-23(18(24)25)20(4,5)6/h11-17H2,1-10H3. The maximum Gasteiger partial charge on any atom is 0.321 e. The number of nitrogens with zero attached hydrogens (tertiary/aromatic N) is 2. The Hall–Kier alpha value is -0.730. The quantitative estimate of drug-likeness (QED) is 0.525. The van der Waals surface area contributed by atoms with Crippen molar-refractivity contribution < 1.29 is 4.79 Å². The van der Waals surface area contributed by atoms with E-state index in [0.29, 0.717) is 10.8 Å². The van der Waals surface area contributed by atoms with Crippen molar-refractivity contribution in [2.45, 2.75) is 112 Å². The molecule has 3 nitrogen and oxygen atoms in total. The Bertz CT molecular complexity index is 452. The molecule has 0 unspecified atom stereocenters.